The summed E-state index contributed by atoms with van der Waals surface area (Å²) in [5.74, 6) is 0.786. The monoisotopic (exact) mass is 283 g/mol. The molecule has 0 aromatic rings. The van der Waals surface area contributed by atoms with Crippen LogP contribution in [0.1, 0.15) is 84.5 Å². The lowest BCUT2D eigenvalue weighted by Gasteiger charge is -2.35. The lowest BCUT2D eigenvalue weighted by molar-refractivity contribution is 0.00589. The van der Waals surface area contributed by atoms with Crippen LogP contribution < -0.4 is 5.32 Å². The van der Waals surface area contributed by atoms with Crippen LogP contribution in [-0.2, 0) is 4.74 Å². The van der Waals surface area contributed by atoms with Crippen LogP contribution in [0, 0.1) is 5.92 Å². The van der Waals surface area contributed by atoms with Crippen LogP contribution >= 0.6 is 0 Å². The molecule has 1 aliphatic rings. The summed E-state index contributed by atoms with van der Waals surface area (Å²) >= 11 is 0. The summed E-state index contributed by atoms with van der Waals surface area (Å²) < 4.78 is 5.92. The van der Waals surface area contributed by atoms with E-state index in [1.165, 1.54) is 70.6 Å². The van der Waals surface area contributed by atoms with Crippen molar-refractivity contribution in [2.45, 2.75) is 96.6 Å². The molecule has 1 fully saturated rings. The van der Waals surface area contributed by atoms with Crippen LogP contribution in [-0.4, -0.2) is 25.8 Å². The fourth-order valence-corrected chi connectivity index (χ4v) is 3.76. The van der Waals surface area contributed by atoms with E-state index in [1.54, 1.807) is 0 Å². The van der Waals surface area contributed by atoms with Crippen molar-refractivity contribution in [3.8, 4) is 0 Å². The van der Waals surface area contributed by atoms with E-state index < -0.39 is 0 Å². The summed E-state index contributed by atoms with van der Waals surface area (Å²) in [4.78, 5) is 0. The predicted octanol–water partition coefficient (Wildman–Crippen LogP) is 4.92. The number of hydrogen-bond donors (Lipinski definition) is 1. The molecule has 120 valence electrons. The molecule has 0 amide bonds. The van der Waals surface area contributed by atoms with Gasteiger partial charge in [0, 0.05) is 13.2 Å². The molecule has 1 N–H and O–H groups in total. The molecule has 20 heavy (non-hydrogen) atoms. The van der Waals surface area contributed by atoms with Crippen molar-refractivity contribution in [1.82, 2.24) is 5.32 Å². The summed E-state index contributed by atoms with van der Waals surface area (Å²) in [6.45, 7) is 5.56. The van der Waals surface area contributed by atoms with Crippen LogP contribution in [0.15, 0.2) is 0 Å². The van der Waals surface area contributed by atoms with Gasteiger partial charge >= 0.3 is 0 Å². The van der Waals surface area contributed by atoms with Gasteiger partial charge in [-0.05, 0) is 31.7 Å². The normalized spacial score (nSPS) is 19.9. The van der Waals surface area contributed by atoms with E-state index in [0.29, 0.717) is 12.1 Å². The molecule has 0 radical (unpaired) electrons. The second kappa shape index (κ2) is 11.6. The van der Waals surface area contributed by atoms with Gasteiger partial charge in [0.05, 0.1) is 6.10 Å². The van der Waals surface area contributed by atoms with Crippen LogP contribution in [0.4, 0.5) is 0 Å². The zero-order valence-electron chi connectivity index (χ0n) is 14.1. The third-order valence-electron chi connectivity index (χ3n) is 4.87. The van der Waals surface area contributed by atoms with Gasteiger partial charge in [-0.2, -0.15) is 0 Å². The number of methoxy groups -OCH3 is 1. The Labute approximate surface area is 127 Å². The van der Waals surface area contributed by atoms with Crippen molar-refractivity contribution in [2.24, 2.45) is 5.92 Å². The van der Waals surface area contributed by atoms with E-state index >= 15 is 0 Å². The average molecular weight is 284 g/mol. The average Bonchev–Trinajstić information content (AvgIpc) is 2.49. The summed E-state index contributed by atoms with van der Waals surface area (Å²) in [7, 11) is 1.92. The highest BCUT2D eigenvalue weighted by Crippen LogP contribution is 2.30. The van der Waals surface area contributed by atoms with E-state index in [2.05, 4.69) is 19.2 Å². The smallest absolute Gasteiger partial charge is 0.0752 e. The molecule has 0 aromatic heterocycles. The Balaban J connectivity index is 2.39. The van der Waals surface area contributed by atoms with Gasteiger partial charge in [0.15, 0.2) is 0 Å². The minimum Gasteiger partial charge on any atom is -0.380 e. The maximum Gasteiger partial charge on any atom is 0.0752 e. The minimum absolute atomic E-state index is 0.432. The van der Waals surface area contributed by atoms with Gasteiger partial charge in [-0.15, -0.1) is 0 Å². The molecule has 2 atom stereocenters. The summed E-state index contributed by atoms with van der Waals surface area (Å²) in [6, 6.07) is 0.565. The lowest BCUT2D eigenvalue weighted by Crippen LogP contribution is -2.45. The number of unbranched alkanes of at least 4 members (excludes halogenated alkanes) is 4. The molecule has 1 saturated carbocycles. The molecule has 0 bridgehead atoms. The van der Waals surface area contributed by atoms with Gasteiger partial charge in [-0.25, -0.2) is 0 Å². The molecule has 2 heteroatoms. The molecular formula is C18H37NO. The predicted molar refractivity (Wildman–Crippen MR) is 88.2 cm³/mol. The molecule has 0 aliphatic heterocycles. The third kappa shape index (κ3) is 6.58. The first-order valence-corrected chi connectivity index (χ1v) is 9.09. The molecule has 1 aliphatic carbocycles. The molecule has 2 unspecified atom stereocenters. The van der Waals surface area contributed by atoms with Gasteiger partial charge in [0.1, 0.15) is 0 Å². The molecule has 0 heterocycles. The third-order valence-corrected chi connectivity index (χ3v) is 4.87. The van der Waals surface area contributed by atoms with Crippen molar-refractivity contribution >= 4 is 0 Å². The van der Waals surface area contributed by atoms with Crippen LogP contribution in [0.2, 0.25) is 0 Å². The summed E-state index contributed by atoms with van der Waals surface area (Å²) in [6.07, 6.45) is 15.6. The Hall–Kier alpha value is -0.0800. The summed E-state index contributed by atoms with van der Waals surface area (Å²) in [5.41, 5.74) is 0. The zero-order chi connectivity index (χ0) is 14.6. The topological polar surface area (TPSA) is 21.3 Å². The van der Waals surface area contributed by atoms with Gasteiger partial charge in [-0.3, -0.25) is 0 Å². The van der Waals surface area contributed by atoms with E-state index in [4.69, 9.17) is 4.74 Å². The molecular weight excluding hydrogens is 246 g/mol. The molecule has 1 rings (SSSR count). The maximum atomic E-state index is 5.92. The number of nitrogens with one attached hydrogen (secondary N) is 1. The van der Waals surface area contributed by atoms with E-state index in [9.17, 15) is 0 Å². The van der Waals surface area contributed by atoms with Crippen molar-refractivity contribution in [3.63, 3.8) is 0 Å². The first-order valence-electron chi connectivity index (χ1n) is 9.09. The van der Waals surface area contributed by atoms with Gasteiger partial charge in [0.25, 0.3) is 0 Å². The fourth-order valence-electron chi connectivity index (χ4n) is 3.76. The Kier molecular flexibility index (Phi) is 10.4. The highest BCUT2D eigenvalue weighted by molar-refractivity contribution is 4.84. The van der Waals surface area contributed by atoms with Crippen LogP contribution in [0.25, 0.3) is 0 Å². The van der Waals surface area contributed by atoms with Crippen molar-refractivity contribution < 1.29 is 4.74 Å². The van der Waals surface area contributed by atoms with Crippen molar-refractivity contribution in [1.29, 1.82) is 0 Å². The zero-order valence-corrected chi connectivity index (χ0v) is 14.1. The second-order valence-electron chi connectivity index (χ2n) is 6.47. The number of hydrogen-bond acceptors (Lipinski definition) is 2. The van der Waals surface area contributed by atoms with Crippen molar-refractivity contribution in [3.05, 3.63) is 0 Å². The highest BCUT2D eigenvalue weighted by Gasteiger charge is 2.29. The van der Waals surface area contributed by atoms with Crippen LogP contribution in [0.5, 0.6) is 0 Å². The maximum absolute atomic E-state index is 5.92. The molecule has 0 spiro atoms. The highest BCUT2D eigenvalue weighted by atomic mass is 16.5. The quantitative estimate of drug-likeness (QED) is 0.543. The van der Waals surface area contributed by atoms with Crippen LogP contribution in [0.3, 0.4) is 0 Å². The van der Waals surface area contributed by atoms with E-state index in [1.807, 2.05) is 7.11 Å². The SMILES string of the molecule is CCCCCCCC(NCC)C(OC)C1CCCCC1. The largest absolute Gasteiger partial charge is 0.380 e. The second-order valence-corrected chi connectivity index (χ2v) is 6.47. The Morgan fingerprint density at radius 1 is 1.00 bits per heavy atom. The van der Waals surface area contributed by atoms with E-state index in [0.717, 1.165) is 12.5 Å². The van der Waals surface area contributed by atoms with Gasteiger partial charge in [-0.1, -0.05) is 65.2 Å². The first-order chi connectivity index (χ1) is 9.83. The molecule has 2 nitrogen and oxygen atoms in total. The Morgan fingerprint density at radius 3 is 2.30 bits per heavy atom. The van der Waals surface area contributed by atoms with Gasteiger partial charge < -0.3 is 10.1 Å². The molecule has 0 aromatic carbocycles. The molecule has 0 saturated heterocycles. The summed E-state index contributed by atoms with van der Waals surface area (Å²) in [5, 5.41) is 3.70. The number of ether oxygens (including phenoxy) is 1. The number of rotatable bonds is 11. The lowest BCUT2D eigenvalue weighted by atomic mass is 9.81. The standard InChI is InChI=1S/C18H37NO/c1-4-6-7-8-12-15-17(19-5-2)18(20-3)16-13-10-9-11-14-16/h16-19H,4-15H2,1-3H3. The van der Waals surface area contributed by atoms with Crippen molar-refractivity contribution in [2.75, 3.05) is 13.7 Å². The Bertz CT molecular complexity index is 213. The van der Waals surface area contributed by atoms with E-state index in [-0.39, 0.29) is 0 Å². The first kappa shape index (κ1) is 18.0. The fraction of sp³-hybridized carbons (Fsp3) is 1.00. The minimum atomic E-state index is 0.432. The van der Waals surface area contributed by atoms with Gasteiger partial charge in [0.2, 0.25) is 0 Å². The Morgan fingerprint density at radius 2 is 1.70 bits per heavy atom. The number of likely N-dealkylation sites (N-methyl/N-ethyl adjacent to an activating group) is 1.